The molecule has 20 heavy (non-hydrogen) atoms. The second-order valence-electron chi connectivity index (χ2n) is 5.73. The van der Waals surface area contributed by atoms with E-state index in [2.05, 4.69) is 56.9 Å². The highest BCUT2D eigenvalue weighted by Gasteiger charge is 2.16. The Hall–Kier alpha value is -1.19. The van der Waals surface area contributed by atoms with Crippen LogP contribution in [0, 0.1) is 13.8 Å². The molecular weight excluding hydrogens is 264 g/mol. The van der Waals surface area contributed by atoms with Crippen molar-refractivity contribution in [1.82, 2.24) is 4.98 Å². The predicted octanol–water partition coefficient (Wildman–Crippen LogP) is 4.17. The van der Waals surface area contributed by atoms with E-state index in [1.165, 1.54) is 21.0 Å². The molecule has 1 atom stereocenters. The maximum absolute atomic E-state index is 5.96. The van der Waals surface area contributed by atoms with E-state index in [0.717, 1.165) is 12.1 Å². The van der Waals surface area contributed by atoms with Gasteiger partial charge in [-0.3, -0.25) is 0 Å². The summed E-state index contributed by atoms with van der Waals surface area (Å²) in [4.78, 5) is 5.96. The number of rotatable bonds is 5. The first kappa shape index (κ1) is 15.2. The van der Waals surface area contributed by atoms with Crippen LogP contribution in [0.5, 0.6) is 0 Å². The highest BCUT2D eigenvalue weighted by molar-refractivity contribution is 7.11. The molecule has 3 heteroatoms. The van der Waals surface area contributed by atoms with Gasteiger partial charge in [0.2, 0.25) is 0 Å². The molecule has 1 heterocycles. The molecule has 0 aliphatic carbocycles. The number of hydrogen-bond donors (Lipinski definition) is 1. The molecule has 1 unspecified atom stereocenters. The van der Waals surface area contributed by atoms with Gasteiger partial charge in [0.1, 0.15) is 0 Å². The van der Waals surface area contributed by atoms with E-state index in [-0.39, 0.29) is 0 Å². The average Bonchev–Trinajstić information content (AvgIpc) is 2.76. The van der Waals surface area contributed by atoms with Crippen LogP contribution in [0.15, 0.2) is 24.3 Å². The summed E-state index contributed by atoms with van der Waals surface area (Å²) in [6.45, 7) is 9.29. The Balaban J connectivity index is 2.13. The van der Waals surface area contributed by atoms with Crippen LogP contribution >= 0.6 is 11.3 Å². The zero-order valence-corrected chi connectivity index (χ0v) is 13.6. The molecule has 2 nitrogen and oxygen atoms in total. The first-order valence-corrected chi connectivity index (χ1v) is 8.05. The van der Waals surface area contributed by atoms with Crippen LogP contribution in [0.2, 0.25) is 0 Å². The Bertz CT molecular complexity index is 535. The van der Waals surface area contributed by atoms with Gasteiger partial charge in [0.25, 0.3) is 0 Å². The Morgan fingerprint density at radius 3 is 2.25 bits per heavy atom. The van der Waals surface area contributed by atoms with Gasteiger partial charge in [0.15, 0.2) is 0 Å². The lowest BCUT2D eigenvalue weighted by Crippen LogP contribution is -2.15. The smallest absolute Gasteiger partial charge is 0.0977 e. The standard InChI is InChI=1S/C17H24N2S/c1-11(2)15-7-5-14(6-8-15)9-16(10-18)17-19-12(3)13(4)20-17/h5-8,11,16H,9-10,18H2,1-4H3. The van der Waals surface area contributed by atoms with Gasteiger partial charge in [-0.25, -0.2) is 4.98 Å². The highest BCUT2D eigenvalue weighted by atomic mass is 32.1. The predicted molar refractivity (Wildman–Crippen MR) is 87.6 cm³/mol. The molecule has 0 aliphatic heterocycles. The summed E-state index contributed by atoms with van der Waals surface area (Å²) in [6, 6.07) is 8.91. The van der Waals surface area contributed by atoms with Crippen LogP contribution in [0.1, 0.15) is 52.4 Å². The lowest BCUT2D eigenvalue weighted by molar-refractivity contribution is 0.686. The molecule has 0 amide bonds. The fourth-order valence-corrected chi connectivity index (χ4v) is 3.30. The van der Waals surface area contributed by atoms with Gasteiger partial charge in [-0.15, -0.1) is 11.3 Å². The summed E-state index contributed by atoms with van der Waals surface area (Å²) in [5.74, 6) is 0.913. The van der Waals surface area contributed by atoms with Gasteiger partial charge in [-0.2, -0.15) is 0 Å². The van der Waals surface area contributed by atoms with Crippen molar-refractivity contribution in [2.75, 3.05) is 6.54 Å². The lowest BCUT2D eigenvalue weighted by Gasteiger charge is -2.13. The van der Waals surface area contributed by atoms with Crippen molar-refractivity contribution in [1.29, 1.82) is 0 Å². The van der Waals surface area contributed by atoms with Crippen molar-refractivity contribution in [3.63, 3.8) is 0 Å². The maximum Gasteiger partial charge on any atom is 0.0977 e. The zero-order chi connectivity index (χ0) is 14.7. The Kier molecular flexibility index (Phi) is 4.95. The average molecular weight is 288 g/mol. The van der Waals surface area contributed by atoms with Crippen LogP contribution in [0.25, 0.3) is 0 Å². The van der Waals surface area contributed by atoms with Crippen molar-refractivity contribution in [2.24, 2.45) is 5.73 Å². The monoisotopic (exact) mass is 288 g/mol. The second kappa shape index (κ2) is 6.51. The molecule has 0 radical (unpaired) electrons. The molecule has 1 aromatic heterocycles. The quantitative estimate of drug-likeness (QED) is 0.897. The van der Waals surface area contributed by atoms with Gasteiger partial charge in [0.05, 0.1) is 10.7 Å². The zero-order valence-electron chi connectivity index (χ0n) is 12.8. The normalized spacial score (nSPS) is 12.9. The summed E-state index contributed by atoms with van der Waals surface area (Å²) in [5.41, 5.74) is 9.83. The number of nitrogens with two attached hydrogens (primary N) is 1. The molecule has 0 saturated heterocycles. The summed E-state index contributed by atoms with van der Waals surface area (Å²) in [6.07, 6.45) is 0.973. The molecule has 0 fully saturated rings. The third-order valence-electron chi connectivity index (χ3n) is 3.81. The second-order valence-corrected chi connectivity index (χ2v) is 6.96. The number of nitrogens with zero attached hydrogens (tertiary/aromatic N) is 1. The van der Waals surface area contributed by atoms with Crippen LogP contribution in [0.4, 0.5) is 0 Å². The minimum atomic E-state index is 0.331. The summed E-state index contributed by atoms with van der Waals surface area (Å²) in [7, 11) is 0. The number of aromatic nitrogens is 1. The fraction of sp³-hybridized carbons (Fsp3) is 0.471. The first-order valence-electron chi connectivity index (χ1n) is 7.24. The third-order valence-corrected chi connectivity index (χ3v) is 5.04. The van der Waals surface area contributed by atoms with Crippen LogP contribution in [-0.4, -0.2) is 11.5 Å². The van der Waals surface area contributed by atoms with Crippen molar-refractivity contribution in [2.45, 2.75) is 46.0 Å². The van der Waals surface area contributed by atoms with E-state index in [1.807, 2.05) is 0 Å². The van der Waals surface area contributed by atoms with Gasteiger partial charge in [-0.1, -0.05) is 38.1 Å². The van der Waals surface area contributed by atoms with Crippen molar-refractivity contribution < 1.29 is 0 Å². The van der Waals surface area contributed by atoms with E-state index in [9.17, 15) is 0 Å². The van der Waals surface area contributed by atoms with Crippen molar-refractivity contribution in [3.8, 4) is 0 Å². The summed E-state index contributed by atoms with van der Waals surface area (Å²) < 4.78 is 0. The number of aryl methyl sites for hydroxylation is 2. The van der Waals surface area contributed by atoms with E-state index in [1.54, 1.807) is 11.3 Å². The number of benzene rings is 1. The molecule has 0 saturated carbocycles. The highest BCUT2D eigenvalue weighted by Crippen LogP contribution is 2.27. The minimum absolute atomic E-state index is 0.331. The Labute approximate surface area is 126 Å². The first-order chi connectivity index (χ1) is 9.51. The molecule has 0 aliphatic rings. The molecule has 2 rings (SSSR count). The Morgan fingerprint density at radius 2 is 1.80 bits per heavy atom. The van der Waals surface area contributed by atoms with E-state index in [0.29, 0.717) is 18.4 Å². The third kappa shape index (κ3) is 3.47. The van der Waals surface area contributed by atoms with Gasteiger partial charge in [0, 0.05) is 17.3 Å². The fourth-order valence-electron chi connectivity index (χ4n) is 2.27. The molecule has 0 bridgehead atoms. The SMILES string of the molecule is Cc1nc(C(CN)Cc2ccc(C(C)C)cc2)sc1C. The number of hydrogen-bond acceptors (Lipinski definition) is 3. The van der Waals surface area contributed by atoms with E-state index < -0.39 is 0 Å². The number of thiazole rings is 1. The van der Waals surface area contributed by atoms with Gasteiger partial charge >= 0.3 is 0 Å². The summed E-state index contributed by atoms with van der Waals surface area (Å²) in [5, 5.41) is 1.18. The molecule has 2 N–H and O–H groups in total. The van der Waals surface area contributed by atoms with E-state index in [4.69, 9.17) is 5.73 Å². The molecule has 0 spiro atoms. The lowest BCUT2D eigenvalue weighted by atomic mass is 9.96. The topological polar surface area (TPSA) is 38.9 Å². The summed E-state index contributed by atoms with van der Waals surface area (Å²) >= 11 is 1.78. The minimum Gasteiger partial charge on any atom is -0.330 e. The van der Waals surface area contributed by atoms with Crippen LogP contribution in [-0.2, 0) is 6.42 Å². The molecule has 1 aromatic carbocycles. The molecular formula is C17H24N2S. The van der Waals surface area contributed by atoms with Crippen molar-refractivity contribution >= 4 is 11.3 Å². The van der Waals surface area contributed by atoms with Crippen LogP contribution < -0.4 is 5.73 Å². The molecule has 2 aromatic rings. The largest absolute Gasteiger partial charge is 0.330 e. The Morgan fingerprint density at radius 1 is 1.15 bits per heavy atom. The van der Waals surface area contributed by atoms with E-state index >= 15 is 0 Å². The van der Waals surface area contributed by atoms with Crippen LogP contribution in [0.3, 0.4) is 0 Å². The van der Waals surface area contributed by atoms with Gasteiger partial charge in [-0.05, 0) is 37.3 Å². The van der Waals surface area contributed by atoms with Gasteiger partial charge < -0.3 is 5.73 Å². The maximum atomic E-state index is 5.96. The van der Waals surface area contributed by atoms with Crippen molar-refractivity contribution in [3.05, 3.63) is 51.0 Å². The molecule has 108 valence electrons.